The van der Waals surface area contributed by atoms with Crippen molar-refractivity contribution in [2.24, 2.45) is 0 Å². The molecule has 1 aromatic heterocycles. The number of nitrogens with zero attached hydrogens (tertiary/aromatic N) is 2. The summed E-state index contributed by atoms with van der Waals surface area (Å²) < 4.78 is 5.65. The van der Waals surface area contributed by atoms with E-state index < -0.39 is 6.04 Å². The highest BCUT2D eigenvalue weighted by atomic mass is 35.5. The molecule has 1 unspecified atom stereocenters. The van der Waals surface area contributed by atoms with Gasteiger partial charge in [-0.2, -0.15) is 0 Å². The van der Waals surface area contributed by atoms with Gasteiger partial charge in [-0.05, 0) is 30.7 Å². The minimum absolute atomic E-state index is 0.0239. The predicted octanol–water partition coefficient (Wildman–Crippen LogP) is 4.00. The van der Waals surface area contributed by atoms with Crippen molar-refractivity contribution >= 4 is 45.9 Å². The predicted molar refractivity (Wildman–Crippen MR) is 128 cm³/mol. The summed E-state index contributed by atoms with van der Waals surface area (Å²) >= 11 is 6.18. The van der Waals surface area contributed by atoms with Crippen molar-refractivity contribution in [3.05, 3.63) is 64.9 Å². The van der Waals surface area contributed by atoms with Crippen molar-refractivity contribution in [3.8, 4) is 0 Å². The lowest BCUT2D eigenvalue weighted by molar-refractivity contribution is -0.133. The Hall–Kier alpha value is -3.16. The summed E-state index contributed by atoms with van der Waals surface area (Å²) in [6, 6.07) is 14.1. The van der Waals surface area contributed by atoms with Gasteiger partial charge in [0.1, 0.15) is 5.58 Å². The van der Waals surface area contributed by atoms with Crippen molar-refractivity contribution in [2.45, 2.75) is 26.3 Å². The van der Waals surface area contributed by atoms with Crippen LogP contribution in [0.15, 0.2) is 52.9 Å². The Labute approximate surface area is 197 Å². The van der Waals surface area contributed by atoms with Crippen LogP contribution in [0.4, 0.5) is 5.69 Å². The molecule has 7 nitrogen and oxygen atoms in total. The Morgan fingerprint density at radius 2 is 1.70 bits per heavy atom. The first-order chi connectivity index (χ1) is 15.8. The lowest BCUT2D eigenvalue weighted by Crippen LogP contribution is -2.54. The topological polar surface area (TPSA) is 82.9 Å². The second-order valence-electron chi connectivity index (χ2n) is 8.21. The average Bonchev–Trinajstić information content (AvgIpc) is 3.19. The molecule has 1 atom stereocenters. The number of benzene rings is 2. The fraction of sp³-hybridized carbons (Fsp3) is 0.320. The van der Waals surface area contributed by atoms with E-state index in [2.05, 4.69) is 5.32 Å². The molecule has 2 aromatic carbocycles. The van der Waals surface area contributed by atoms with Crippen molar-refractivity contribution in [1.29, 1.82) is 0 Å². The minimum atomic E-state index is -0.431. The summed E-state index contributed by atoms with van der Waals surface area (Å²) in [5, 5.41) is 4.18. The zero-order valence-electron chi connectivity index (χ0n) is 18.6. The van der Waals surface area contributed by atoms with Gasteiger partial charge in [-0.1, -0.05) is 41.9 Å². The molecule has 2 heterocycles. The number of carbonyl (C=O) groups excluding carboxylic acids is 3. The van der Waals surface area contributed by atoms with Crippen molar-refractivity contribution in [1.82, 2.24) is 9.80 Å². The molecular weight excluding hydrogens is 442 g/mol. The number of ketones is 1. The molecule has 1 aliphatic heterocycles. The Morgan fingerprint density at radius 1 is 1.03 bits per heavy atom. The number of furan rings is 1. The highest BCUT2D eigenvalue weighted by Gasteiger charge is 2.29. The molecule has 3 aromatic rings. The highest BCUT2D eigenvalue weighted by molar-refractivity contribution is 6.31. The largest absolute Gasteiger partial charge is 0.451 e. The van der Waals surface area contributed by atoms with E-state index in [9.17, 15) is 14.4 Å². The Morgan fingerprint density at radius 3 is 2.39 bits per heavy atom. The number of hydrogen-bond acceptors (Lipinski definition) is 5. The first-order valence-corrected chi connectivity index (χ1v) is 11.3. The molecule has 1 N–H and O–H groups in total. The number of amides is 2. The fourth-order valence-corrected chi connectivity index (χ4v) is 4.29. The molecule has 1 fully saturated rings. The summed E-state index contributed by atoms with van der Waals surface area (Å²) in [6.07, 6.45) is 0.261. The van der Waals surface area contributed by atoms with Gasteiger partial charge in [0, 0.05) is 43.5 Å². The number of anilines is 1. The van der Waals surface area contributed by atoms with E-state index in [1.54, 1.807) is 12.1 Å². The van der Waals surface area contributed by atoms with Crippen LogP contribution in [-0.4, -0.2) is 59.6 Å². The highest BCUT2D eigenvalue weighted by Crippen LogP contribution is 2.31. The third-order valence-corrected chi connectivity index (χ3v) is 6.43. The van der Waals surface area contributed by atoms with Gasteiger partial charge < -0.3 is 14.6 Å². The van der Waals surface area contributed by atoms with Crippen LogP contribution in [0.3, 0.4) is 0 Å². The van der Waals surface area contributed by atoms with Gasteiger partial charge in [0.2, 0.25) is 11.8 Å². The second-order valence-corrected chi connectivity index (χ2v) is 8.62. The van der Waals surface area contributed by atoms with Crippen LogP contribution in [0.5, 0.6) is 0 Å². The summed E-state index contributed by atoms with van der Waals surface area (Å²) in [4.78, 5) is 41.6. The zero-order chi connectivity index (χ0) is 23.5. The van der Waals surface area contributed by atoms with Crippen molar-refractivity contribution in [2.75, 3.05) is 31.5 Å². The molecule has 4 rings (SSSR count). The molecule has 0 spiro atoms. The van der Waals surface area contributed by atoms with Gasteiger partial charge in [0.05, 0.1) is 18.2 Å². The van der Waals surface area contributed by atoms with Crippen molar-refractivity contribution in [3.63, 3.8) is 0 Å². The molecule has 33 heavy (non-hydrogen) atoms. The maximum atomic E-state index is 13.0. The smallest absolute Gasteiger partial charge is 0.241 e. The van der Waals surface area contributed by atoms with Gasteiger partial charge >= 0.3 is 0 Å². The minimum Gasteiger partial charge on any atom is -0.451 e. The normalized spacial score (nSPS) is 15.4. The Balaban J connectivity index is 1.38. The van der Waals surface area contributed by atoms with Crippen LogP contribution in [-0.2, 0) is 16.0 Å². The first kappa shape index (κ1) is 23.0. The van der Waals surface area contributed by atoms with E-state index in [1.807, 2.05) is 53.1 Å². The van der Waals surface area contributed by atoms with E-state index in [0.717, 1.165) is 5.56 Å². The zero-order valence-corrected chi connectivity index (χ0v) is 19.4. The number of hydrogen-bond donors (Lipinski definition) is 1. The molecule has 0 bridgehead atoms. The number of nitrogens with one attached hydrogen (secondary N) is 1. The third kappa shape index (κ3) is 4.94. The maximum Gasteiger partial charge on any atom is 0.241 e. The van der Waals surface area contributed by atoms with Gasteiger partial charge in [0.25, 0.3) is 0 Å². The van der Waals surface area contributed by atoms with Crippen LogP contribution in [0, 0.1) is 0 Å². The second kappa shape index (κ2) is 9.77. The molecule has 1 aliphatic rings. The van der Waals surface area contributed by atoms with Gasteiger partial charge in [0.15, 0.2) is 11.5 Å². The quantitative estimate of drug-likeness (QED) is 0.554. The van der Waals surface area contributed by atoms with Crippen LogP contribution in [0.2, 0.25) is 5.02 Å². The van der Waals surface area contributed by atoms with Crippen molar-refractivity contribution < 1.29 is 18.8 Å². The number of halogens is 1. The molecule has 8 heteroatoms. The summed E-state index contributed by atoms with van der Waals surface area (Å²) in [6.45, 7) is 5.47. The average molecular weight is 468 g/mol. The molecule has 0 radical (unpaired) electrons. The lowest BCUT2D eigenvalue weighted by atomic mass is 10.1. The maximum absolute atomic E-state index is 13.0. The first-order valence-electron chi connectivity index (χ1n) is 10.9. The van der Waals surface area contributed by atoms with E-state index in [1.165, 1.54) is 6.92 Å². The van der Waals surface area contributed by atoms with Gasteiger partial charge in [-0.3, -0.25) is 19.3 Å². The molecule has 0 saturated carbocycles. The number of para-hydroxylation sites is 1. The van der Waals surface area contributed by atoms with Crippen LogP contribution >= 0.6 is 11.6 Å². The number of carbonyl (C=O) groups is 3. The van der Waals surface area contributed by atoms with Crippen LogP contribution < -0.4 is 5.32 Å². The van der Waals surface area contributed by atoms with Gasteiger partial charge in [-0.25, -0.2) is 0 Å². The van der Waals surface area contributed by atoms with Crippen LogP contribution in [0.1, 0.15) is 30.0 Å². The fourth-order valence-electron chi connectivity index (χ4n) is 4.09. The molecule has 2 amide bonds. The molecule has 0 aliphatic carbocycles. The van der Waals surface area contributed by atoms with E-state index in [0.29, 0.717) is 47.9 Å². The number of rotatable bonds is 6. The van der Waals surface area contributed by atoms with Crippen LogP contribution in [0.25, 0.3) is 11.0 Å². The Kier molecular flexibility index (Phi) is 6.81. The summed E-state index contributed by atoms with van der Waals surface area (Å²) in [5.74, 6) is -0.303. The summed E-state index contributed by atoms with van der Waals surface area (Å²) in [7, 11) is 0. The molecule has 172 valence electrons. The SMILES string of the molecule is CC(=O)c1oc2ccccc2c1NC(=O)C(C)N1CCN(C(=O)Cc2ccccc2Cl)CC1. The number of piperazine rings is 1. The third-order valence-electron chi connectivity index (χ3n) is 6.06. The number of fused-ring (bicyclic) bond motifs is 1. The lowest BCUT2D eigenvalue weighted by Gasteiger charge is -2.37. The van der Waals surface area contributed by atoms with E-state index >= 15 is 0 Å². The monoisotopic (exact) mass is 467 g/mol. The van der Waals surface area contributed by atoms with E-state index in [4.69, 9.17) is 16.0 Å². The Bertz CT molecular complexity index is 1200. The summed E-state index contributed by atoms with van der Waals surface area (Å²) in [5.41, 5.74) is 1.77. The standard InChI is InChI=1S/C25H26ClN3O4/c1-16(25(32)27-23-19-8-4-6-10-21(19)33-24(23)17(2)30)28-11-13-29(14-12-28)22(31)15-18-7-3-5-9-20(18)26/h3-10,16H,11-15H2,1-2H3,(H,27,32). The number of Topliss-reactive ketones (excluding diaryl/α,β-unsaturated/α-hetero) is 1. The van der Waals surface area contributed by atoms with Gasteiger partial charge in [-0.15, -0.1) is 0 Å². The molecular formula is C25H26ClN3O4. The van der Waals surface area contributed by atoms with E-state index in [-0.39, 0.29) is 29.8 Å². The molecule has 1 saturated heterocycles.